The molecule has 3 nitrogen and oxygen atoms in total. The van der Waals surface area contributed by atoms with E-state index in [9.17, 15) is 0 Å². The van der Waals surface area contributed by atoms with Crippen molar-refractivity contribution in [2.75, 3.05) is 5.32 Å². The summed E-state index contributed by atoms with van der Waals surface area (Å²) in [4.78, 5) is 0. The Morgan fingerprint density at radius 2 is 1.57 bits per heavy atom. The molecule has 0 saturated heterocycles. The SMILES string of the molecule is CC(Nc1ccn(C)n1)c1ccc(-c2ccccc2)cc1. The summed E-state index contributed by atoms with van der Waals surface area (Å²) in [7, 11) is 1.92. The van der Waals surface area contributed by atoms with Gasteiger partial charge < -0.3 is 5.32 Å². The molecule has 0 bridgehead atoms. The molecule has 0 spiro atoms. The van der Waals surface area contributed by atoms with Crippen molar-refractivity contribution < 1.29 is 0 Å². The number of benzene rings is 2. The molecule has 0 amide bonds. The lowest BCUT2D eigenvalue weighted by Crippen LogP contribution is -2.07. The second kappa shape index (κ2) is 5.83. The molecule has 0 aliphatic rings. The van der Waals surface area contributed by atoms with Crippen LogP contribution in [0.5, 0.6) is 0 Å². The highest BCUT2D eigenvalue weighted by Gasteiger charge is 2.07. The van der Waals surface area contributed by atoms with Gasteiger partial charge in [-0.05, 0) is 23.6 Å². The van der Waals surface area contributed by atoms with Gasteiger partial charge in [-0.2, -0.15) is 5.10 Å². The molecular weight excluding hydrogens is 258 g/mol. The molecule has 1 aromatic heterocycles. The Hall–Kier alpha value is -2.55. The number of aromatic nitrogens is 2. The van der Waals surface area contributed by atoms with Crippen molar-refractivity contribution in [1.82, 2.24) is 9.78 Å². The van der Waals surface area contributed by atoms with Crippen molar-refractivity contribution in [3.05, 3.63) is 72.4 Å². The Labute approximate surface area is 125 Å². The fourth-order valence-corrected chi connectivity index (χ4v) is 2.39. The van der Waals surface area contributed by atoms with E-state index in [0.717, 1.165) is 5.82 Å². The molecule has 0 saturated carbocycles. The van der Waals surface area contributed by atoms with Crippen LogP contribution in [-0.4, -0.2) is 9.78 Å². The third-order valence-electron chi connectivity index (χ3n) is 3.60. The highest BCUT2D eigenvalue weighted by atomic mass is 15.3. The maximum atomic E-state index is 4.35. The van der Waals surface area contributed by atoms with Crippen LogP contribution in [0.25, 0.3) is 11.1 Å². The molecule has 2 aromatic carbocycles. The largest absolute Gasteiger partial charge is 0.362 e. The van der Waals surface area contributed by atoms with Gasteiger partial charge in [0.15, 0.2) is 0 Å². The average Bonchev–Trinajstić information content (AvgIpc) is 2.93. The Morgan fingerprint density at radius 1 is 0.905 bits per heavy atom. The summed E-state index contributed by atoms with van der Waals surface area (Å²) in [6, 6.07) is 21.3. The average molecular weight is 277 g/mol. The molecule has 21 heavy (non-hydrogen) atoms. The van der Waals surface area contributed by atoms with E-state index in [1.54, 1.807) is 4.68 Å². The summed E-state index contributed by atoms with van der Waals surface area (Å²) < 4.78 is 1.80. The summed E-state index contributed by atoms with van der Waals surface area (Å²) >= 11 is 0. The summed E-state index contributed by atoms with van der Waals surface area (Å²) in [5.74, 6) is 0.900. The Bertz CT molecular complexity index is 699. The highest BCUT2D eigenvalue weighted by Crippen LogP contribution is 2.23. The number of anilines is 1. The quantitative estimate of drug-likeness (QED) is 0.772. The van der Waals surface area contributed by atoms with Crippen LogP contribution in [0.15, 0.2) is 66.9 Å². The molecule has 1 N–H and O–H groups in total. The molecule has 0 aliphatic carbocycles. The number of hydrogen-bond acceptors (Lipinski definition) is 2. The maximum absolute atomic E-state index is 4.35. The van der Waals surface area contributed by atoms with Crippen LogP contribution in [0, 0.1) is 0 Å². The van der Waals surface area contributed by atoms with Crippen LogP contribution in [0.4, 0.5) is 5.82 Å². The van der Waals surface area contributed by atoms with Crippen molar-refractivity contribution in [2.24, 2.45) is 7.05 Å². The van der Waals surface area contributed by atoms with E-state index in [2.05, 4.69) is 65.9 Å². The second-order valence-electron chi connectivity index (χ2n) is 5.23. The van der Waals surface area contributed by atoms with E-state index in [0.29, 0.717) is 0 Å². The molecule has 3 aromatic rings. The van der Waals surface area contributed by atoms with Crippen molar-refractivity contribution in [3.8, 4) is 11.1 Å². The third kappa shape index (κ3) is 3.14. The van der Waals surface area contributed by atoms with E-state index >= 15 is 0 Å². The van der Waals surface area contributed by atoms with Gasteiger partial charge in [0.2, 0.25) is 0 Å². The zero-order valence-corrected chi connectivity index (χ0v) is 12.3. The first-order valence-corrected chi connectivity index (χ1v) is 7.14. The van der Waals surface area contributed by atoms with Gasteiger partial charge in [0.1, 0.15) is 5.82 Å². The number of nitrogens with one attached hydrogen (secondary N) is 1. The summed E-state index contributed by atoms with van der Waals surface area (Å²) in [5, 5.41) is 7.75. The number of hydrogen-bond donors (Lipinski definition) is 1. The lowest BCUT2D eigenvalue weighted by molar-refractivity contribution is 0.760. The Morgan fingerprint density at radius 3 is 2.19 bits per heavy atom. The van der Waals surface area contributed by atoms with Crippen LogP contribution < -0.4 is 5.32 Å². The van der Waals surface area contributed by atoms with Crippen LogP contribution in [0.3, 0.4) is 0 Å². The lowest BCUT2D eigenvalue weighted by atomic mass is 10.0. The molecule has 0 aliphatic heterocycles. The van der Waals surface area contributed by atoms with Crippen LogP contribution in [0.2, 0.25) is 0 Å². The molecule has 0 radical (unpaired) electrons. The monoisotopic (exact) mass is 277 g/mol. The fourth-order valence-electron chi connectivity index (χ4n) is 2.39. The van der Waals surface area contributed by atoms with E-state index in [1.165, 1.54) is 16.7 Å². The first kappa shape index (κ1) is 13.4. The molecule has 0 fully saturated rings. The molecule has 1 heterocycles. The Kier molecular flexibility index (Phi) is 3.73. The molecule has 3 heteroatoms. The van der Waals surface area contributed by atoms with Crippen LogP contribution in [0.1, 0.15) is 18.5 Å². The normalized spacial score (nSPS) is 12.1. The first-order valence-electron chi connectivity index (χ1n) is 7.14. The lowest BCUT2D eigenvalue weighted by Gasteiger charge is -2.14. The van der Waals surface area contributed by atoms with Gasteiger partial charge >= 0.3 is 0 Å². The van der Waals surface area contributed by atoms with Crippen LogP contribution in [-0.2, 0) is 7.05 Å². The summed E-state index contributed by atoms with van der Waals surface area (Å²) in [6.07, 6.45) is 1.94. The standard InChI is InChI=1S/C18H19N3/c1-14(19-18-12-13-21(2)20-18)15-8-10-17(11-9-15)16-6-4-3-5-7-16/h3-14H,1-2H3,(H,19,20). The molecule has 106 valence electrons. The van der Waals surface area contributed by atoms with E-state index < -0.39 is 0 Å². The topological polar surface area (TPSA) is 29.9 Å². The number of aryl methyl sites for hydroxylation is 1. The molecule has 1 atom stereocenters. The van der Waals surface area contributed by atoms with Crippen molar-refractivity contribution in [1.29, 1.82) is 0 Å². The predicted molar refractivity (Wildman–Crippen MR) is 87.1 cm³/mol. The zero-order valence-electron chi connectivity index (χ0n) is 12.3. The first-order chi connectivity index (χ1) is 10.2. The van der Waals surface area contributed by atoms with Gasteiger partial charge in [0.25, 0.3) is 0 Å². The summed E-state index contributed by atoms with van der Waals surface area (Å²) in [5.41, 5.74) is 3.74. The molecular formula is C18H19N3. The summed E-state index contributed by atoms with van der Waals surface area (Å²) in [6.45, 7) is 2.15. The van der Waals surface area contributed by atoms with Gasteiger partial charge in [-0.25, -0.2) is 0 Å². The molecule has 3 rings (SSSR count). The van der Waals surface area contributed by atoms with Gasteiger partial charge in [-0.15, -0.1) is 0 Å². The van der Waals surface area contributed by atoms with Gasteiger partial charge in [-0.3, -0.25) is 4.68 Å². The van der Waals surface area contributed by atoms with E-state index in [1.807, 2.05) is 25.4 Å². The Balaban J connectivity index is 1.74. The minimum Gasteiger partial charge on any atom is -0.362 e. The zero-order chi connectivity index (χ0) is 14.7. The van der Waals surface area contributed by atoms with Crippen LogP contribution >= 0.6 is 0 Å². The van der Waals surface area contributed by atoms with Crippen molar-refractivity contribution in [3.63, 3.8) is 0 Å². The van der Waals surface area contributed by atoms with E-state index in [4.69, 9.17) is 0 Å². The third-order valence-corrected chi connectivity index (χ3v) is 3.60. The molecule has 1 unspecified atom stereocenters. The number of nitrogens with zero attached hydrogens (tertiary/aromatic N) is 2. The van der Waals surface area contributed by atoms with E-state index in [-0.39, 0.29) is 6.04 Å². The maximum Gasteiger partial charge on any atom is 0.148 e. The highest BCUT2D eigenvalue weighted by molar-refractivity contribution is 5.63. The predicted octanol–water partition coefficient (Wildman–Crippen LogP) is 4.26. The number of rotatable bonds is 4. The second-order valence-corrected chi connectivity index (χ2v) is 5.23. The minimum atomic E-state index is 0.227. The van der Waals surface area contributed by atoms with Gasteiger partial charge in [0.05, 0.1) is 0 Å². The minimum absolute atomic E-state index is 0.227. The van der Waals surface area contributed by atoms with Gasteiger partial charge in [0, 0.05) is 25.4 Å². The smallest absolute Gasteiger partial charge is 0.148 e. The van der Waals surface area contributed by atoms with Crippen molar-refractivity contribution >= 4 is 5.82 Å². The van der Waals surface area contributed by atoms with Crippen molar-refractivity contribution in [2.45, 2.75) is 13.0 Å². The van der Waals surface area contributed by atoms with Gasteiger partial charge in [-0.1, -0.05) is 54.6 Å². The fraction of sp³-hybridized carbons (Fsp3) is 0.167.